The summed E-state index contributed by atoms with van der Waals surface area (Å²) < 4.78 is 0. The highest BCUT2D eigenvalue weighted by atomic mass is 15.0. The Labute approximate surface area is 102 Å². The van der Waals surface area contributed by atoms with E-state index in [4.69, 9.17) is 0 Å². The zero-order valence-corrected chi connectivity index (χ0v) is 12.4. The average molecular weight is 225 g/mol. The summed E-state index contributed by atoms with van der Waals surface area (Å²) in [5.41, 5.74) is 1.01. The van der Waals surface area contributed by atoms with Crippen molar-refractivity contribution < 1.29 is 0 Å². The fourth-order valence-electron chi connectivity index (χ4n) is 3.45. The maximum atomic E-state index is 3.72. The van der Waals surface area contributed by atoms with Crippen molar-refractivity contribution in [3.8, 4) is 0 Å². The molecular formula is C15H31N. The van der Waals surface area contributed by atoms with Crippen LogP contribution in [0.15, 0.2) is 0 Å². The van der Waals surface area contributed by atoms with Gasteiger partial charge in [0.25, 0.3) is 0 Å². The molecule has 1 nitrogen and oxygen atoms in total. The van der Waals surface area contributed by atoms with Gasteiger partial charge in [0, 0.05) is 6.04 Å². The molecule has 1 saturated carbocycles. The van der Waals surface area contributed by atoms with Crippen LogP contribution in [0.5, 0.6) is 0 Å². The predicted molar refractivity (Wildman–Crippen MR) is 72.6 cm³/mol. The van der Waals surface area contributed by atoms with Crippen molar-refractivity contribution >= 4 is 0 Å². The molecule has 1 fully saturated rings. The van der Waals surface area contributed by atoms with E-state index in [0.717, 1.165) is 18.4 Å². The van der Waals surface area contributed by atoms with Crippen LogP contribution in [0.2, 0.25) is 0 Å². The van der Waals surface area contributed by atoms with Gasteiger partial charge in [0.1, 0.15) is 0 Å². The molecule has 1 heteroatoms. The van der Waals surface area contributed by atoms with E-state index >= 15 is 0 Å². The Hall–Kier alpha value is -0.0400. The van der Waals surface area contributed by atoms with Crippen LogP contribution in [0.4, 0.5) is 0 Å². The minimum Gasteiger partial charge on any atom is -0.314 e. The molecule has 0 aromatic heterocycles. The number of hydrogen-bond donors (Lipinski definition) is 1. The molecule has 16 heavy (non-hydrogen) atoms. The third kappa shape index (κ3) is 2.30. The summed E-state index contributed by atoms with van der Waals surface area (Å²) in [5.74, 6) is 1.69. The molecule has 0 spiro atoms. The van der Waals surface area contributed by atoms with Crippen LogP contribution < -0.4 is 5.32 Å². The Bertz CT molecular complexity index is 216. The first-order valence-electron chi connectivity index (χ1n) is 7.02. The molecule has 0 aromatic carbocycles. The molecule has 1 rings (SSSR count). The highest BCUT2D eigenvalue weighted by Crippen LogP contribution is 2.70. The molecular weight excluding hydrogens is 194 g/mol. The van der Waals surface area contributed by atoms with Crippen molar-refractivity contribution in [3.63, 3.8) is 0 Å². The highest BCUT2D eigenvalue weighted by Gasteiger charge is 2.66. The van der Waals surface area contributed by atoms with E-state index < -0.39 is 0 Å². The monoisotopic (exact) mass is 225 g/mol. The van der Waals surface area contributed by atoms with E-state index in [2.05, 4.69) is 53.8 Å². The molecule has 0 saturated heterocycles. The molecule has 0 bridgehead atoms. The molecule has 0 heterocycles. The van der Waals surface area contributed by atoms with E-state index in [1.165, 1.54) is 12.8 Å². The lowest BCUT2D eigenvalue weighted by Crippen LogP contribution is -2.34. The second-order valence-corrected chi connectivity index (χ2v) is 6.83. The molecule has 0 amide bonds. The maximum Gasteiger partial charge on any atom is 0.0108 e. The van der Waals surface area contributed by atoms with E-state index in [9.17, 15) is 0 Å². The molecule has 1 N–H and O–H groups in total. The van der Waals surface area contributed by atoms with Crippen LogP contribution in [0.3, 0.4) is 0 Å². The van der Waals surface area contributed by atoms with Gasteiger partial charge in [-0.05, 0) is 35.6 Å². The SMILES string of the molecule is CCNC(CC(C)CC)C1C(C)(C)C1(C)C. The van der Waals surface area contributed by atoms with Gasteiger partial charge in [-0.15, -0.1) is 0 Å². The van der Waals surface area contributed by atoms with E-state index in [0.29, 0.717) is 16.9 Å². The molecule has 1 aliphatic rings. The van der Waals surface area contributed by atoms with Gasteiger partial charge in [-0.25, -0.2) is 0 Å². The largest absolute Gasteiger partial charge is 0.314 e. The van der Waals surface area contributed by atoms with E-state index in [1.807, 2.05) is 0 Å². The smallest absolute Gasteiger partial charge is 0.0108 e. The van der Waals surface area contributed by atoms with Gasteiger partial charge >= 0.3 is 0 Å². The molecule has 2 unspecified atom stereocenters. The first-order chi connectivity index (χ1) is 7.29. The zero-order chi connectivity index (χ0) is 12.6. The highest BCUT2D eigenvalue weighted by molar-refractivity contribution is 5.16. The summed E-state index contributed by atoms with van der Waals surface area (Å²) in [5, 5.41) is 3.72. The quantitative estimate of drug-likeness (QED) is 0.718. The number of nitrogens with one attached hydrogen (secondary N) is 1. The van der Waals surface area contributed by atoms with Gasteiger partial charge < -0.3 is 5.32 Å². The minimum absolute atomic E-state index is 0.507. The van der Waals surface area contributed by atoms with Crippen molar-refractivity contribution in [3.05, 3.63) is 0 Å². The molecule has 2 atom stereocenters. The summed E-state index contributed by atoms with van der Waals surface area (Å²) in [6.45, 7) is 17.7. The fraction of sp³-hybridized carbons (Fsp3) is 1.00. The summed E-state index contributed by atoms with van der Waals surface area (Å²) in [6, 6.07) is 0.713. The topological polar surface area (TPSA) is 12.0 Å². The first kappa shape index (κ1) is 14.0. The lowest BCUT2D eigenvalue weighted by molar-refractivity contribution is 0.330. The lowest BCUT2D eigenvalue weighted by atomic mass is 9.92. The van der Waals surface area contributed by atoms with Gasteiger partial charge in [-0.3, -0.25) is 0 Å². The van der Waals surface area contributed by atoms with Gasteiger partial charge in [0.05, 0.1) is 0 Å². The van der Waals surface area contributed by atoms with Crippen LogP contribution in [0, 0.1) is 22.7 Å². The van der Waals surface area contributed by atoms with Crippen LogP contribution in [-0.2, 0) is 0 Å². The summed E-state index contributed by atoms with van der Waals surface area (Å²) in [7, 11) is 0. The minimum atomic E-state index is 0.507. The van der Waals surface area contributed by atoms with Crippen molar-refractivity contribution in [2.75, 3.05) is 6.54 Å². The van der Waals surface area contributed by atoms with Crippen molar-refractivity contribution in [2.24, 2.45) is 22.7 Å². The third-order valence-electron chi connectivity index (χ3n) is 5.35. The Morgan fingerprint density at radius 1 is 1.06 bits per heavy atom. The number of hydrogen-bond acceptors (Lipinski definition) is 1. The maximum absolute atomic E-state index is 3.72. The number of rotatable bonds is 6. The van der Waals surface area contributed by atoms with Crippen LogP contribution >= 0.6 is 0 Å². The molecule has 0 aliphatic heterocycles. The standard InChI is InChI=1S/C15H31N/c1-8-11(3)10-12(16-9-2)13-14(4,5)15(13,6)7/h11-13,16H,8-10H2,1-7H3. The summed E-state index contributed by atoms with van der Waals surface area (Å²) in [4.78, 5) is 0. The fourth-order valence-corrected chi connectivity index (χ4v) is 3.45. The Morgan fingerprint density at radius 3 is 1.88 bits per heavy atom. The van der Waals surface area contributed by atoms with Crippen molar-refractivity contribution in [2.45, 2.75) is 67.3 Å². The Kier molecular flexibility index (Phi) is 4.10. The first-order valence-corrected chi connectivity index (χ1v) is 7.02. The Balaban J connectivity index is 2.66. The second-order valence-electron chi connectivity index (χ2n) is 6.83. The van der Waals surface area contributed by atoms with Gasteiger partial charge in [0.15, 0.2) is 0 Å². The van der Waals surface area contributed by atoms with Crippen LogP contribution in [-0.4, -0.2) is 12.6 Å². The van der Waals surface area contributed by atoms with Crippen molar-refractivity contribution in [1.29, 1.82) is 0 Å². The third-order valence-corrected chi connectivity index (χ3v) is 5.35. The Morgan fingerprint density at radius 2 is 1.56 bits per heavy atom. The molecule has 1 aliphatic carbocycles. The molecule has 0 aromatic rings. The van der Waals surface area contributed by atoms with E-state index in [-0.39, 0.29) is 0 Å². The average Bonchev–Trinajstić information content (AvgIpc) is 2.57. The van der Waals surface area contributed by atoms with E-state index in [1.54, 1.807) is 0 Å². The molecule has 0 radical (unpaired) electrons. The lowest BCUT2D eigenvalue weighted by Gasteiger charge is -2.23. The molecule has 96 valence electrons. The van der Waals surface area contributed by atoms with Crippen molar-refractivity contribution in [1.82, 2.24) is 5.32 Å². The normalized spacial score (nSPS) is 26.4. The zero-order valence-electron chi connectivity index (χ0n) is 12.4. The van der Waals surface area contributed by atoms with Gasteiger partial charge in [0.2, 0.25) is 0 Å². The second kappa shape index (κ2) is 4.68. The van der Waals surface area contributed by atoms with Gasteiger partial charge in [-0.2, -0.15) is 0 Å². The van der Waals surface area contributed by atoms with Crippen LogP contribution in [0.1, 0.15) is 61.3 Å². The summed E-state index contributed by atoms with van der Waals surface area (Å²) >= 11 is 0. The van der Waals surface area contributed by atoms with Gasteiger partial charge in [-0.1, -0.05) is 54.9 Å². The summed E-state index contributed by atoms with van der Waals surface area (Å²) in [6.07, 6.45) is 2.64. The predicted octanol–water partition coefficient (Wildman–Crippen LogP) is 4.08. The van der Waals surface area contributed by atoms with Crippen LogP contribution in [0.25, 0.3) is 0 Å².